The summed E-state index contributed by atoms with van der Waals surface area (Å²) in [5, 5.41) is 20.0. The number of nitrogens with zero attached hydrogens (tertiary/aromatic N) is 1. The van der Waals surface area contributed by atoms with E-state index in [2.05, 4.69) is 18.0 Å². The van der Waals surface area contributed by atoms with Crippen molar-refractivity contribution in [3.05, 3.63) is 59.4 Å². The number of pyridine rings is 1. The quantitative estimate of drug-likeness (QED) is 0.685. The number of aliphatic hydroxyl groups excluding tert-OH is 1. The Morgan fingerprint density at radius 2 is 1.90 bits per heavy atom. The number of phenolic OH excluding ortho intramolecular Hbond substituents is 1. The molecular weight excluding hydrogens is 364 g/mol. The summed E-state index contributed by atoms with van der Waals surface area (Å²) in [5.41, 5.74) is 8.43. The van der Waals surface area contributed by atoms with Crippen molar-refractivity contribution in [3.8, 4) is 5.75 Å². The average molecular weight is 395 g/mol. The maximum Gasteiger partial charge on any atom is 0.248 e. The van der Waals surface area contributed by atoms with Gasteiger partial charge >= 0.3 is 0 Å². The highest BCUT2D eigenvalue weighted by atomic mass is 16.3. The third kappa shape index (κ3) is 3.64. The molecule has 5 atom stereocenters. The molecule has 0 aliphatic heterocycles. The Labute approximate surface area is 172 Å². The van der Waals surface area contributed by atoms with Crippen molar-refractivity contribution >= 4 is 5.91 Å². The van der Waals surface area contributed by atoms with E-state index in [0.29, 0.717) is 23.1 Å². The second kappa shape index (κ2) is 7.79. The van der Waals surface area contributed by atoms with Crippen LogP contribution in [-0.4, -0.2) is 27.2 Å². The van der Waals surface area contributed by atoms with Gasteiger partial charge in [0, 0.05) is 18.0 Å². The van der Waals surface area contributed by atoms with E-state index in [4.69, 9.17) is 5.73 Å². The molecule has 3 aliphatic rings. The molecule has 1 amide bonds. The van der Waals surface area contributed by atoms with Crippen LogP contribution in [0.15, 0.2) is 42.7 Å². The van der Waals surface area contributed by atoms with Gasteiger partial charge in [0.25, 0.3) is 0 Å². The number of phenols is 1. The monoisotopic (exact) mass is 394 g/mol. The minimum atomic E-state index is -0.419. The van der Waals surface area contributed by atoms with Crippen LogP contribution in [0.25, 0.3) is 0 Å². The fourth-order valence-corrected chi connectivity index (χ4v) is 6.06. The van der Waals surface area contributed by atoms with Gasteiger partial charge in [-0.05, 0) is 97.1 Å². The first kappa shape index (κ1) is 19.9. The SMILES string of the molecule is C[C@]12CC[C@@H]3c4ccc(O)cc4CC[C@H]3[C@@H]1CC[C@@H]2O.NC(=O)c1ccncc1. The number of fused-ring (bicyclic) bond motifs is 5. The van der Waals surface area contributed by atoms with Crippen molar-refractivity contribution in [3.63, 3.8) is 0 Å². The summed E-state index contributed by atoms with van der Waals surface area (Å²) in [4.78, 5) is 14.1. The maximum atomic E-state index is 10.4. The Balaban J connectivity index is 0.000000192. The molecule has 29 heavy (non-hydrogen) atoms. The van der Waals surface area contributed by atoms with Crippen LogP contribution < -0.4 is 5.73 Å². The van der Waals surface area contributed by atoms with Crippen molar-refractivity contribution in [2.45, 2.75) is 57.5 Å². The number of nitrogens with two attached hydrogens (primary N) is 1. The van der Waals surface area contributed by atoms with Crippen LogP contribution >= 0.6 is 0 Å². The zero-order chi connectivity index (χ0) is 20.6. The van der Waals surface area contributed by atoms with Crippen LogP contribution in [-0.2, 0) is 6.42 Å². The lowest BCUT2D eigenvalue weighted by Gasteiger charge is -2.50. The van der Waals surface area contributed by atoms with Crippen molar-refractivity contribution in [2.75, 3.05) is 0 Å². The second-order valence-electron chi connectivity index (χ2n) is 9.04. The number of aliphatic hydroxyl groups is 1. The van der Waals surface area contributed by atoms with E-state index in [9.17, 15) is 15.0 Å². The highest BCUT2D eigenvalue weighted by molar-refractivity contribution is 5.92. The molecule has 2 aromatic rings. The van der Waals surface area contributed by atoms with Gasteiger partial charge in [-0.25, -0.2) is 0 Å². The van der Waals surface area contributed by atoms with Gasteiger partial charge in [0.15, 0.2) is 0 Å². The normalized spacial score (nSPS) is 32.2. The van der Waals surface area contributed by atoms with E-state index in [1.54, 1.807) is 12.1 Å². The fraction of sp³-hybridized carbons (Fsp3) is 0.500. The van der Waals surface area contributed by atoms with Crippen LogP contribution in [0.3, 0.4) is 0 Å². The Morgan fingerprint density at radius 3 is 2.59 bits per heavy atom. The number of aromatic hydroxyl groups is 1. The molecule has 1 aromatic heterocycles. The summed E-state index contributed by atoms with van der Waals surface area (Å²) >= 11 is 0. The Morgan fingerprint density at radius 1 is 1.14 bits per heavy atom. The predicted octanol–water partition coefficient (Wildman–Crippen LogP) is 3.79. The number of benzene rings is 1. The van der Waals surface area contributed by atoms with Gasteiger partial charge in [-0.2, -0.15) is 0 Å². The average Bonchev–Trinajstić information content (AvgIpc) is 3.03. The summed E-state index contributed by atoms with van der Waals surface area (Å²) in [6.45, 7) is 2.32. The van der Waals surface area contributed by atoms with Gasteiger partial charge in [0.2, 0.25) is 5.91 Å². The van der Waals surface area contributed by atoms with Gasteiger partial charge in [-0.1, -0.05) is 13.0 Å². The minimum Gasteiger partial charge on any atom is -0.508 e. The number of primary amides is 1. The van der Waals surface area contributed by atoms with Gasteiger partial charge in [-0.3, -0.25) is 9.78 Å². The molecule has 0 unspecified atom stereocenters. The first-order valence-electron chi connectivity index (χ1n) is 10.6. The highest BCUT2D eigenvalue weighted by Gasteiger charge is 2.54. The van der Waals surface area contributed by atoms with E-state index in [1.807, 2.05) is 12.1 Å². The molecule has 5 heteroatoms. The number of rotatable bonds is 1. The molecule has 1 aromatic carbocycles. The second-order valence-corrected chi connectivity index (χ2v) is 9.04. The van der Waals surface area contributed by atoms with Gasteiger partial charge in [0.05, 0.1) is 6.10 Å². The van der Waals surface area contributed by atoms with Crippen molar-refractivity contribution < 1.29 is 15.0 Å². The largest absolute Gasteiger partial charge is 0.508 e. The standard InChI is InChI=1S/C18H24O2.C6H6N2O/c1-18-9-8-14-13-5-3-12(19)10-11(13)2-4-15(14)16(18)6-7-17(18)20;7-6(9)5-1-3-8-4-2-5/h3,5,10,14-17,19-20H,2,4,6-9H2,1H3;1-4H,(H2,7,9)/t14-,15-,16+,17+,18+;/m1./s1. The molecule has 0 radical (unpaired) electrons. The van der Waals surface area contributed by atoms with Crippen molar-refractivity contribution in [2.24, 2.45) is 23.0 Å². The molecule has 4 N–H and O–H groups in total. The van der Waals surface area contributed by atoms with E-state index >= 15 is 0 Å². The summed E-state index contributed by atoms with van der Waals surface area (Å²) < 4.78 is 0. The molecule has 0 saturated heterocycles. The first-order chi connectivity index (χ1) is 13.9. The van der Waals surface area contributed by atoms with Crippen LogP contribution in [0.1, 0.15) is 66.4 Å². The Kier molecular flexibility index (Phi) is 5.34. The molecule has 3 aliphatic carbocycles. The summed E-state index contributed by atoms with van der Waals surface area (Å²) in [5.74, 6) is 2.07. The first-order valence-corrected chi connectivity index (χ1v) is 10.6. The van der Waals surface area contributed by atoms with Crippen LogP contribution in [0.5, 0.6) is 5.75 Å². The number of carbonyl (C=O) groups excluding carboxylic acids is 1. The number of hydrogen-bond acceptors (Lipinski definition) is 4. The fourth-order valence-electron chi connectivity index (χ4n) is 6.06. The summed E-state index contributed by atoms with van der Waals surface area (Å²) in [7, 11) is 0. The van der Waals surface area contributed by atoms with Gasteiger partial charge < -0.3 is 15.9 Å². The minimum absolute atomic E-state index is 0.0883. The molecule has 5 rings (SSSR count). The van der Waals surface area contributed by atoms with Crippen LogP contribution in [0.4, 0.5) is 0 Å². The number of amides is 1. The lowest BCUT2D eigenvalue weighted by molar-refractivity contribution is -0.0226. The number of aryl methyl sites for hydroxylation is 1. The van der Waals surface area contributed by atoms with Gasteiger partial charge in [0.1, 0.15) is 5.75 Å². The van der Waals surface area contributed by atoms with Gasteiger partial charge in [-0.15, -0.1) is 0 Å². The Hall–Kier alpha value is -2.40. The van der Waals surface area contributed by atoms with E-state index in [0.717, 1.165) is 25.2 Å². The third-order valence-corrected chi connectivity index (χ3v) is 7.62. The maximum absolute atomic E-state index is 10.4. The van der Waals surface area contributed by atoms with Crippen molar-refractivity contribution in [1.82, 2.24) is 4.98 Å². The topological polar surface area (TPSA) is 96.4 Å². The lowest BCUT2D eigenvalue weighted by atomic mass is 9.55. The molecule has 154 valence electrons. The molecule has 5 nitrogen and oxygen atoms in total. The van der Waals surface area contributed by atoms with E-state index in [-0.39, 0.29) is 11.5 Å². The van der Waals surface area contributed by atoms with E-state index in [1.165, 1.54) is 42.8 Å². The molecule has 0 bridgehead atoms. The molecule has 1 heterocycles. The third-order valence-electron chi connectivity index (χ3n) is 7.62. The number of aromatic nitrogens is 1. The zero-order valence-electron chi connectivity index (χ0n) is 16.9. The lowest BCUT2D eigenvalue weighted by Crippen LogP contribution is -2.43. The molecule has 2 fully saturated rings. The summed E-state index contributed by atoms with van der Waals surface area (Å²) in [6, 6.07) is 9.10. The predicted molar refractivity (Wildman–Crippen MR) is 111 cm³/mol. The van der Waals surface area contributed by atoms with E-state index < -0.39 is 5.91 Å². The number of carbonyl (C=O) groups is 1. The smallest absolute Gasteiger partial charge is 0.248 e. The number of hydrogen-bond donors (Lipinski definition) is 3. The molecular formula is C24H30N2O3. The highest BCUT2D eigenvalue weighted by Crippen LogP contribution is 2.60. The zero-order valence-corrected chi connectivity index (χ0v) is 16.9. The Bertz CT molecular complexity index is 885. The molecule has 0 spiro atoms. The van der Waals surface area contributed by atoms with Crippen LogP contribution in [0, 0.1) is 17.3 Å². The van der Waals surface area contributed by atoms with Crippen molar-refractivity contribution in [1.29, 1.82) is 0 Å². The summed E-state index contributed by atoms with van der Waals surface area (Å²) in [6.07, 6.45) is 9.84. The van der Waals surface area contributed by atoms with Crippen LogP contribution in [0.2, 0.25) is 0 Å². The molecule has 2 saturated carbocycles.